The summed E-state index contributed by atoms with van der Waals surface area (Å²) in [6.07, 6.45) is 39.8. The molecule has 0 heterocycles. The van der Waals surface area contributed by atoms with Crippen LogP contribution in [0.25, 0.3) is 134 Å². The van der Waals surface area contributed by atoms with Crippen molar-refractivity contribution in [3.05, 3.63) is 281 Å². The van der Waals surface area contributed by atoms with Crippen molar-refractivity contribution >= 4 is 134 Å². The molecule has 8 aliphatic rings. The molecule has 0 fully saturated rings. The van der Waals surface area contributed by atoms with E-state index in [1.54, 1.807) is 16.7 Å². The topological polar surface area (TPSA) is 0 Å². The molecule has 12 aromatic rings. The first-order valence-corrected chi connectivity index (χ1v) is 46.3. The first kappa shape index (κ1) is 88.4. The molecule has 0 nitrogen and oxygen atoms in total. The standard InChI is InChI=1S/4C28H30.4C2H6/c1-27(2,3)21-15-13-17-9-8-12-20-23(17)25(21)19-11-7-10-18-14-16-22(28(4,5)6)26(20)24(18)19;1-27(2,3)19-13-17-9-7-12-22-24-16-20(28(4,5)6)14-18-10-8-11-21(26(18)24)23(15-19)25(17)22;1-27(2,3)23-15-13-19-18-10-8-12-22-24(28(4,5)6)16-14-20(26(18)22)17-9-7-11-21(23)25(17)19;1-27(2,3)21-15-13-18-14-16-22(28(4,5)6)26-20-12-8-10-17-9-7-11-19(23(17)20)25(21)24(18)26;4*1-2/h2*7-11,13,15-16H,12,14H2,1-6H3;7-9,11-16,23H,10H2,1-6H3;7-9,11-16,22H,10H2,1-6H3;4*1-2H3. The molecule has 0 N–H and O–H groups in total. The Bertz CT molecular complexity index is 6330. The van der Waals surface area contributed by atoms with Crippen molar-refractivity contribution in [3.63, 3.8) is 0 Å². The van der Waals surface area contributed by atoms with E-state index in [-0.39, 0.29) is 43.3 Å². The fourth-order valence-corrected chi connectivity index (χ4v) is 21.0. The van der Waals surface area contributed by atoms with Crippen molar-refractivity contribution in [2.45, 2.75) is 294 Å². The van der Waals surface area contributed by atoms with Gasteiger partial charge < -0.3 is 0 Å². The van der Waals surface area contributed by atoms with Gasteiger partial charge >= 0.3 is 0 Å². The van der Waals surface area contributed by atoms with Crippen molar-refractivity contribution in [2.24, 2.45) is 21.7 Å². The smallest absolute Gasteiger partial charge is 0.00824 e. The SMILES string of the molecule is CC.CC.CC.CC.CC(C)(C)C1=CCc2cccc3c2c1c1c2c(ccc(C(C)(C)C)c23)C=CC1.CC(C)(C)C1=Cc2c3c4c(cc(C(C)(C)C)cc4c4cccc(c24)C1)C=CC3.CC(C)(C)c1ccc2c3c(c4c5c(cccc5c13)CC=C4)C(C(C)(C)C)C=C2.CC(C)(C)c1ccc2c3c1C=CCc3c1c3c(cccc32)C(C(C)(C)C)C=C1. The summed E-state index contributed by atoms with van der Waals surface area (Å²) in [6.45, 7) is 72.3. The van der Waals surface area contributed by atoms with E-state index < -0.39 is 0 Å². The van der Waals surface area contributed by atoms with E-state index in [1.165, 1.54) is 192 Å². The van der Waals surface area contributed by atoms with Crippen LogP contribution in [-0.4, -0.2) is 0 Å². The van der Waals surface area contributed by atoms with Gasteiger partial charge in [-0.3, -0.25) is 0 Å². The zero-order chi connectivity index (χ0) is 87.4. The zero-order valence-corrected chi connectivity index (χ0v) is 80.0. The maximum absolute atomic E-state index is 2.52. The lowest BCUT2D eigenvalue weighted by molar-refractivity contribution is 0.368. The Morgan fingerprint density at radius 2 is 0.758 bits per heavy atom. The molecule has 0 saturated heterocycles. The van der Waals surface area contributed by atoms with E-state index in [9.17, 15) is 0 Å². The molecule has 0 heteroatoms. The molecule has 0 aliphatic heterocycles. The predicted molar refractivity (Wildman–Crippen MR) is 542 cm³/mol. The average molecular weight is 1590 g/mol. The van der Waals surface area contributed by atoms with E-state index in [4.69, 9.17) is 0 Å². The molecule has 0 bridgehead atoms. The molecule has 120 heavy (non-hydrogen) atoms. The van der Waals surface area contributed by atoms with Gasteiger partial charge in [-0.1, -0.05) is 427 Å². The Balaban J connectivity index is 0.000000134. The third-order valence-corrected chi connectivity index (χ3v) is 26.5. The summed E-state index contributed by atoms with van der Waals surface area (Å²) in [5.41, 5.74) is 33.7. The van der Waals surface area contributed by atoms with Gasteiger partial charge in [0.2, 0.25) is 0 Å². The highest BCUT2D eigenvalue weighted by molar-refractivity contribution is 6.22. The summed E-state index contributed by atoms with van der Waals surface area (Å²) in [6, 6.07) is 46.8. The van der Waals surface area contributed by atoms with Crippen molar-refractivity contribution in [1.29, 1.82) is 0 Å². The molecule has 8 aliphatic carbocycles. The molecular weight excluding hydrogens is 1440 g/mol. The minimum absolute atomic E-state index is 0.110. The summed E-state index contributed by atoms with van der Waals surface area (Å²) in [7, 11) is 0. The number of fused-ring (bicyclic) bond motifs is 8. The van der Waals surface area contributed by atoms with Gasteiger partial charge in [0.15, 0.2) is 0 Å². The number of allylic oxidation sites excluding steroid dienone is 9. The summed E-state index contributed by atoms with van der Waals surface area (Å²) in [4.78, 5) is 0. The van der Waals surface area contributed by atoms with Gasteiger partial charge in [0, 0.05) is 11.8 Å². The number of benzene rings is 12. The fraction of sp³-hybridized carbons (Fsp3) is 0.400. The maximum Gasteiger partial charge on any atom is 0.00824 e. The third-order valence-electron chi connectivity index (χ3n) is 26.5. The number of rotatable bonds is 0. The van der Waals surface area contributed by atoms with Gasteiger partial charge in [-0.2, -0.15) is 0 Å². The molecule has 2 atom stereocenters. The van der Waals surface area contributed by atoms with Crippen molar-refractivity contribution in [2.75, 3.05) is 0 Å². The molecule has 0 aromatic heterocycles. The van der Waals surface area contributed by atoms with Crippen LogP contribution in [0, 0.1) is 21.7 Å². The normalized spacial score (nSPS) is 16.2. The van der Waals surface area contributed by atoms with E-state index in [0.717, 1.165) is 38.5 Å². The van der Waals surface area contributed by atoms with Gasteiger partial charge in [-0.25, -0.2) is 0 Å². The Morgan fingerprint density at radius 3 is 1.34 bits per heavy atom. The minimum Gasteiger partial charge on any atom is -0.0795 e. The van der Waals surface area contributed by atoms with E-state index in [1.807, 2.05) is 55.4 Å². The molecule has 0 saturated carbocycles. The first-order chi connectivity index (χ1) is 56.7. The molecule has 12 aromatic carbocycles. The Labute approximate surface area is 725 Å². The molecule has 624 valence electrons. The lowest BCUT2D eigenvalue weighted by Gasteiger charge is -2.36. The van der Waals surface area contributed by atoms with Crippen molar-refractivity contribution in [3.8, 4) is 0 Å². The third kappa shape index (κ3) is 15.5. The second kappa shape index (κ2) is 32.8. The van der Waals surface area contributed by atoms with Crippen LogP contribution in [-0.2, 0) is 60.2 Å². The summed E-state index contributed by atoms with van der Waals surface area (Å²) in [5, 5.41) is 23.5. The maximum atomic E-state index is 2.52. The minimum atomic E-state index is 0.110. The lowest BCUT2D eigenvalue weighted by atomic mass is 9.67. The van der Waals surface area contributed by atoms with Crippen molar-refractivity contribution in [1.82, 2.24) is 0 Å². The van der Waals surface area contributed by atoms with Crippen LogP contribution in [0.5, 0.6) is 0 Å². The second-order valence-corrected chi connectivity index (χ2v) is 42.6. The highest BCUT2D eigenvalue weighted by Gasteiger charge is 2.38. The molecule has 20 rings (SSSR count). The van der Waals surface area contributed by atoms with E-state index in [2.05, 4.69) is 373 Å². The second-order valence-electron chi connectivity index (χ2n) is 42.6. The molecule has 0 spiro atoms. The van der Waals surface area contributed by atoms with E-state index in [0.29, 0.717) is 11.8 Å². The van der Waals surface area contributed by atoms with Crippen LogP contribution in [0.1, 0.15) is 345 Å². The largest absolute Gasteiger partial charge is 0.0795 e. The van der Waals surface area contributed by atoms with Gasteiger partial charge in [0.05, 0.1) is 0 Å². The van der Waals surface area contributed by atoms with Crippen molar-refractivity contribution < 1.29 is 0 Å². The van der Waals surface area contributed by atoms with Gasteiger partial charge in [0.25, 0.3) is 0 Å². The molecular formula is C120H144. The first-order valence-electron chi connectivity index (χ1n) is 46.3. The van der Waals surface area contributed by atoms with Crippen LogP contribution in [0.4, 0.5) is 0 Å². The van der Waals surface area contributed by atoms with Crippen LogP contribution in [0.2, 0.25) is 0 Å². The predicted octanol–water partition coefficient (Wildman–Crippen LogP) is 35.8. The molecule has 0 amide bonds. The van der Waals surface area contributed by atoms with Crippen LogP contribution < -0.4 is 0 Å². The monoisotopic (exact) mass is 1590 g/mol. The summed E-state index contributed by atoms with van der Waals surface area (Å²) >= 11 is 0. The number of hydrogen-bond acceptors (Lipinski definition) is 0. The van der Waals surface area contributed by atoms with Crippen LogP contribution in [0.3, 0.4) is 0 Å². The Kier molecular flexibility index (Phi) is 24.2. The quantitative estimate of drug-likeness (QED) is 0.133. The highest BCUT2D eigenvalue weighted by Crippen LogP contribution is 2.56. The van der Waals surface area contributed by atoms with E-state index >= 15 is 0 Å². The Morgan fingerprint density at radius 1 is 0.283 bits per heavy atom. The van der Waals surface area contributed by atoms with Gasteiger partial charge in [0.1, 0.15) is 0 Å². The fourth-order valence-electron chi connectivity index (χ4n) is 21.0. The summed E-state index contributed by atoms with van der Waals surface area (Å²) in [5.74, 6) is 0.883. The number of hydrogen-bond donors (Lipinski definition) is 0. The van der Waals surface area contributed by atoms with Crippen LogP contribution in [0.15, 0.2) is 169 Å². The zero-order valence-electron chi connectivity index (χ0n) is 80.0. The lowest BCUT2D eigenvalue weighted by Crippen LogP contribution is -2.21. The summed E-state index contributed by atoms with van der Waals surface area (Å²) < 4.78 is 0. The average Bonchev–Trinajstić information content (AvgIpc) is 0.770. The molecule has 0 radical (unpaired) electrons. The Hall–Kier alpha value is -9.36. The van der Waals surface area contributed by atoms with Gasteiger partial charge in [-0.15, -0.1) is 0 Å². The molecule has 2 unspecified atom stereocenters. The van der Waals surface area contributed by atoms with Gasteiger partial charge in [-0.05, 0) is 291 Å². The van der Waals surface area contributed by atoms with Crippen LogP contribution >= 0.6 is 0 Å². The highest BCUT2D eigenvalue weighted by atomic mass is 14.4.